The van der Waals surface area contributed by atoms with E-state index in [1.54, 1.807) is 0 Å². The molecule has 1 heterocycles. The Hall–Kier alpha value is -2.12. The Balaban J connectivity index is 2.11. The molecule has 0 saturated carbocycles. The average Bonchev–Trinajstić information content (AvgIpc) is 2.94. The third-order valence-corrected chi connectivity index (χ3v) is 5.47. The van der Waals surface area contributed by atoms with Crippen LogP contribution in [0.3, 0.4) is 0 Å². The molecule has 0 unspecified atom stereocenters. The lowest BCUT2D eigenvalue weighted by Gasteiger charge is -2.08. The zero-order chi connectivity index (χ0) is 15.1. The molecule has 3 aromatic carbocycles. The molecule has 0 saturated heterocycles. The summed E-state index contributed by atoms with van der Waals surface area (Å²) < 4.78 is 2.79. The molecule has 22 heavy (non-hydrogen) atoms. The molecular weight excluding hydrogens is 284 g/mol. The first kappa shape index (κ1) is 13.5. The maximum Gasteiger partial charge on any atom is 0.0433 e. The van der Waals surface area contributed by atoms with E-state index in [-0.39, 0.29) is 0 Å². The second-order valence-corrected chi connectivity index (χ2v) is 7.08. The van der Waals surface area contributed by atoms with Crippen molar-refractivity contribution in [2.24, 2.45) is 0 Å². The lowest BCUT2D eigenvalue weighted by molar-refractivity contribution is 0.877. The van der Waals surface area contributed by atoms with Crippen molar-refractivity contribution in [2.75, 3.05) is 0 Å². The van der Waals surface area contributed by atoms with Crippen molar-refractivity contribution in [1.29, 1.82) is 0 Å². The molecule has 0 nitrogen and oxygen atoms in total. The summed E-state index contributed by atoms with van der Waals surface area (Å²) in [6, 6.07) is 24.1. The largest absolute Gasteiger partial charge is 0.135 e. The second kappa shape index (κ2) is 5.26. The Morgan fingerprint density at radius 2 is 1.55 bits per heavy atom. The first-order chi connectivity index (χ1) is 10.8. The fourth-order valence-electron chi connectivity index (χ4n) is 3.20. The summed E-state index contributed by atoms with van der Waals surface area (Å²) in [5.74, 6) is 0.543. The van der Waals surface area contributed by atoms with Crippen LogP contribution in [0.4, 0.5) is 0 Å². The summed E-state index contributed by atoms with van der Waals surface area (Å²) in [5.41, 5.74) is 4.09. The van der Waals surface area contributed by atoms with E-state index in [9.17, 15) is 0 Å². The summed E-state index contributed by atoms with van der Waals surface area (Å²) in [6.45, 7) is 4.55. The van der Waals surface area contributed by atoms with Gasteiger partial charge < -0.3 is 0 Å². The number of thiophene rings is 1. The molecule has 0 atom stereocenters. The molecule has 108 valence electrons. The molecule has 0 aliphatic heterocycles. The zero-order valence-electron chi connectivity index (χ0n) is 12.8. The van der Waals surface area contributed by atoms with Crippen molar-refractivity contribution in [3.05, 3.63) is 72.3 Å². The van der Waals surface area contributed by atoms with E-state index in [2.05, 4.69) is 80.6 Å². The Kier molecular flexibility index (Phi) is 3.24. The summed E-state index contributed by atoms with van der Waals surface area (Å²) in [4.78, 5) is 0. The quantitative estimate of drug-likeness (QED) is 0.380. The van der Waals surface area contributed by atoms with Gasteiger partial charge in [0.2, 0.25) is 0 Å². The second-order valence-electron chi connectivity index (χ2n) is 6.03. The number of fused-ring (bicyclic) bond motifs is 3. The lowest BCUT2D eigenvalue weighted by Crippen LogP contribution is -1.87. The van der Waals surface area contributed by atoms with E-state index in [0.29, 0.717) is 5.92 Å². The highest BCUT2D eigenvalue weighted by atomic mass is 32.1. The molecule has 4 aromatic rings. The average molecular weight is 302 g/mol. The first-order valence-electron chi connectivity index (χ1n) is 7.75. The van der Waals surface area contributed by atoms with E-state index in [1.165, 1.54) is 36.9 Å². The molecule has 0 fully saturated rings. The van der Waals surface area contributed by atoms with E-state index in [4.69, 9.17) is 0 Å². The minimum absolute atomic E-state index is 0.543. The van der Waals surface area contributed by atoms with E-state index in [1.807, 2.05) is 11.3 Å². The van der Waals surface area contributed by atoms with Crippen LogP contribution in [0.1, 0.15) is 25.3 Å². The molecule has 0 N–H and O–H groups in total. The molecule has 1 aromatic heterocycles. The van der Waals surface area contributed by atoms with Gasteiger partial charge in [-0.1, -0.05) is 74.5 Å². The van der Waals surface area contributed by atoms with Crippen LogP contribution < -0.4 is 0 Å². The summed E-state index contributed by atoms with van der Waals surface area (Å²) in [7, 11) is 0. The van der Waals surface area contributed by atoms with Gasteiger partial charge in [-0.05, 0) is 28.7 Å². The van der Waals surface area contributed by atoms with Crippen molar-refractivity contribution < 1.29 is 0 Å². The van der Waals surface area contributed by atoms with Gasteiger partial charge in [-0.25, -0.2) is 0 Å². The van der Waals surface area contributed by atoms with E-state index in [0.717, 1.165) is 0 Å². The standard InChI is InChI=1S/C21H18S/c1-14(2)16-10-7-13-19-20(16)18-12-6-11-17(21(18)22-19)15-8-4-3-5-9-15/h3-14H,1-2H3. The van der Waals surface area contributed by atoms with Gasteiger partial charge in [0.1, 0.15) is 0 Å². The van der Waals surface area contributed by atoms with Gasteiger partial charge in [0.15, 0.2) is 0 Å². The molecule has 0 spiro atoms. The highest BCUT2D eigenvalue weighted by Gasteiger charge is 2.14. The Bertz CT molecular complexity index is 946. The third-order valence-electron chi connectivity index (χ3n) is 4.26. The molecular formula is C21H18S. The Labute approximate surface area is 135 Å². The maximum atomic E-state index is 2.28. The maximum absolute atomic E-state index is 2.28. The zero-order valence-corrected chi connectivity index (χ0v) is 13.7. The SMILES string of the molecule is CC(C)c1cccc2sc3c(-c4ccccc4)cccc3c12. The number of hydrogen-bond acceptors (Lipinski definition) is 1. The van der Waals surface area contributed by atoms with Crippen LogP contribution in [-0.4, -0.2) is 0 Å². The smallest absolute Gasteiger partial charge is 0.0433 e. The third kappa shape index (κ3) is 2.05. The van der Waals surface area contributed by atoms with Crippen molar-refractivity contribution in [3.8, 4) is 11.1 Å². The Morgan fingerprint density at radius 1 is 0.773 bits per heavy atom. The van der Waals surface area contributed by atoms with Crippen molar-refractivity contribution in [1.82, 2.24) is 0 Å². The van der Waals surface area contributed by atoms with Crippen molar-refractivity contribution in [3.63, 3.8) is 0 Å². The number of rotatable bonds is 2. The summed E-state index contributed by atoms with van der Waals surface area (Å²) >= 11 is 1.91. The minimum Gasteiger partial charge on any atom is -0.135 e. The fraction of sp³-hybridized carbons (Fsp3) is 0.143. The molecule has 0 aliphatic carbocycles. The Morgan fingerprint density at radius 3 is 2.32 bits per heavy atom. The molecule has 4 rings (SSSR count). The topological polar surface area (TPSA) is 0 Å². The van der Waals surface area contributed by atoms with Crippen molar-refractivity contribution in [2.45, 2.75) is 19.8 Å². The van der Waals surface area contributed by atoms with Crippen LogP contribution in [0.5, 0.6) is 0 Å². The van der Waals surface area contributed by atoms with Crippen LogP contribution in [0.25, 0.3) is 31.3 Å². The van der Waals surface area contributed by atoms with Gasteiger partial charge in [-0.3, -0.25) is 0 Å². The summed E-state index contributed by atoms with van der Waals surface area (Å²) in [5, 5.41) is 2.83. The molecule has 0 amide bonds. The molecule has 0 radical (unpaired) electrons. The van der Waals surface area contributed by atoms with Gasteiger partial charge in [-0.15, -0.1) is 11.3 Å². The normalized spacial score (nSPS) is 11.6. The van der Waals surface area contributed by atoms with E-state index < -0.39 is 0 Å². The number of hydrogen-bond donors (Lipinski definition) is 0. The predicted molar refractivity (Wildman–Crippen MR) is 98.9 cm³/mol. The van der Waals surface area contributed by atoms with Gasteiger partial charge in [-0.2, -0.15) is 0 Å². The molecule has 0 bridgehead atoms. The predicted octanol–water partition coefficient (Wildman–Crippen LogP) is 6.84. The minimum atomic E-state index is 0.543. The fourth-order valence-corrected chi connectivity index (χ4v) is 4.47. The van der Waals surface area contributed by atoms with Crippen LogP contribution in [0, 0.1) is 0 Å². The monoisotopic (exact) mass is 302 g/mol. The van der Waals surface area contributed by atoms with E-state index >= 15 is 0 Å². The lowest BCUT2D eigenvalue weighted by atomic mass is 9.96. The molecule has 0 aliphatic rings. The highest BCUT2D eigenvalue weighted by Crippen LogP contribution is 2.42. The van der Waals surface area contributed by atoms with Gasteiger partial charge in [0.25, 0.3) is 0 Å². The highest BCUT2D eigenvalue weighted by molar-refractivity contribution is 7.26. The van der Waals surface area contributed by atoms with Crippen molar-refractivity contribution >= 4 is 31.5 Å². The number of benzene rings is 3. The summed E-state index contributed by atoms with van der Waals surface area (Å²) in [6.07, 6.45) is 0. The van der Waals surface area contributed by atoms with Gasteiger partial charge in [0, 0.05) is 20.2 Å². The van der Waals surface area contributed by atoms with Gasteiger partial charge in [0.05, 0.1) is 0 Å². The first-order valence-corrected chi connectivity index (χ1v) is 8.57. The van der Waals surface area contributed by atoms with Crippen LogP contribution >= 0.6 is 11.3 Å². The van der Waals surface area contributed by atoms with Crippen LogP contribution in [0.2, 0.25) is 0 Å². The van der Waals surface area contributed by atoms with Crippen LogP contribution in [-0.2, 0) is 0 Å². The molecule has 1 heteroatoms. The van der Waals surface area contributed by atoms with Crippen LogP contribution in [0.15, 0.2) is 66.7 Å². The van der Waals surface area contributed by atoms with Gasteiger partial charge >= 0.3 is 0 Å².